The van der Waals surface area contributed by atoms with Crippen molar-refractivity contribution in [2.45, 2.75) is 26.9 Å². The molecule has 4 heteroatoms. The van der Waals surface area contributed by atoms with Gasteiger partial charge in [0, 0.05) is 23.6 Å². The van der Waals surface area contributed by atoms with Crippen molar-refractivity contribution < 1.29 is 14.2 Å². The maximum absolute atomic E-state index is 6.01. The van der Waals surface area contributed by atoms with Crippen molar-refractivity contribution in [2.24, 2.45) is 0 Å². The van der Waals surface area contributed by atoms with E-state index in [9.17, 15) is 0 Å². The molecule has 1 aromatic heterocycles. The van der Waals surface area contributed by atoms with E-state index < -0.39 is 0 Å². The number of pyridine rings is 1. The van der Waals surface area contributed by atoms with Gasteiger partial charge in [-0.3, -0.25) is 4.98 Å². The van der Waals surface area contributed by atoms with Crippen LogP contribution in [0.3, 0.4) is 0 Å². The van der Waals surface area contributed by atoms with Gasteiger partial charge in [-0.15, -0.1) is 0 Å². The largest absolute Gasteiger partial charge is 0.494 e. The number of hydrogen-bond donors (Lipinski definition) is 0. The first-order chi connectivity index (χ1) is 12.8. The number of aryl methyl sites for hydroxylation is 1. The summed E-state index contributed by atoms with van der Waals surface area (Å²) < 4.78 is 17.3. The Bertz CT molecular complexity index is 833. The van der Waals surface area contributed by atoms with Gasteiger partial charge in [-0.1, -0.05) is 30.3 Å². The molecule has 0 N–H and O–H groups in total. The molecule has 0 fully saturated rings. The van der Waals surface area contributed by atoms with E-state index in [0.717, 1.165) is 34.5 Å². The van der Waals surface area contributed by atoms with Gasteiger partial charge in [0.05, 0.1) is 31.9 Å². The quantitative estimate of drug-likeness (QED) is 0.513. The Labute approximate surface area is 154 Å². The first-order valence-electron chi connectivity index (χ1n) is 9.05. The van der Waals surface area contributed by atoms with Gasteiger partial charge in [-0.05, 0) is 37.6 Å². The van der Waals surface area contributed by atoms with Crippen LogP contribution in [-0.2, 0) is 11.3 Å². The van der Waals surface area contributed by atoms with Crippen LogP contribution in [0.25, 0.3) is 10.9 Å². The van der Waals surface area contributed by atoms with Crippen LogP contribution in [-0.4, -0.2) is 24.8 Å². The van der Waals surface area contributed by atoms with Crippen molar-refractivity contribution >= 4 is 10.9 Å². The van der Waals surface area contributed by atoms with E-state index in [2.05, 4.69) is 17.1 Å². The Balaban J connectivity index is 1.55. The third-order valence-electron chi connectivity index (χ3n) is 3.98. The molecule has 0 aliphatic carbocycles. The van der Waals surface area contributed by atoms with Crippen LogP contribution in [0.2, 0.25) is 0 Å². The van der Waals surface area contributed by atoms with E-state index >= 15 is 0 Å². The van der Waals surface area contributed by atoms with Crippen LogP contribution < -0.4 is 9.47 Å². The molecule has 3 rings (SSSR count). The molecule has 0 spiro atoms. The van der Waals surface area contributed by atoms with E-state index in [1.165, 1.54) is 5.56 Å². The van der Waals surface area contributed by atoms with Crippen LogP contribution in [0, 0.1) is 6.92 Å². The molecule has 0 atom stereocenters. The molecule has 0 aliphatic heterocycles. The zero-order valence-electron chi connectivity index (χ0n) is 15.4. The molecule has 136 valence electrons. The molecule has 0 amide bonds. The molecule has 0 aliphatic rings. The monoisotopic (exact) mass is 351 g/mol. The highest BCUT2D eigenvalue weighted by Crippen LogP contribution is 2.29. The Morgan fingerprint density at radius 2 is 1.77 bits per heavy atom. The molecular weight excluding hydrogens is 326 g/mol. The van der Waals surface area contributed by atoms with Crippen molar-refractivity contribution in [1.82, 2.24) is 4.98 Å². The lowest BCUT2D eigenvalue weighted by atomic mass is 10.1. The lowest BCUT2D eigenvalue weighted by Gasteiger charge is -2.12. The summed E-state index contributed by atoms with van der Waals surface area (Å²) in [5.74, 6) is 1.68. The van der Waals surface area contributed by atoms with Crippen LogP contribution in [0.4, 0.5) is 0 Å². The summed E-state index contributed by atoms with van der Waals surface area (Å²) in [6.07, 6.45) is 0.834. The fraction of sp³-hybridized carbons (Fsp3) is 0.318. The van der Waals surface area contributed by atoms with E-state index in [-0.39, 0.29) is 0 Å². The highest BCUT2D eigenvalue weighted by atomic mass is 16.5. The summed E-state index contributed by atoms with van der Waals surface area (Å²) in [4.78, 5) is 4.57. The van der Waals surface area contributed by atoms with Crippen molar-refractivity contribution in [2.75, 3.05) is 19.8 Å². The summed E-state index contributed by atoms with van der Waals surface area (Å²) >= 11 is 0. The number of hydrogen-bond acceptors (Lipinski definition) is 4. The second kappa shape index (κ2) is 9.20. The second-order valence-electron chi connectivity index (χ2n) is 6.11. The summed E-state index contributed by atoms with van der Waals surface area (Å²) in [6, 6.07) is 18.1. The minimum Gasteiger partial charge on any atom is -0.494 e. The van der Waals surface area contributed by atoms with Gasteiger partial charge in [0.1, 0.15) is 11.5 Å². The number of aromatic nitrogens is 1. The van der Waals surface area contributed by atoms with Gasteiger partial charge in [-0.25, -0.2) is 0 Å². The van der Waals surface area contributed by atoms with Crippen LogP contribution in [0.5, 0.6) is 11.5 Å². The topological polar surface area (TPSA) is 40.6 Å². The van der Waals surface area contributed by atoms with Crippen molar-refractivity contribution in [3.05, 3.63) is 65.9 Å². The Hall–Kier alpha value is -2.59. The maximum Gasteiger partial charge on any atom is 0.130 e. The van der Waals surface area contributed by atoms with Gasteiger partial charge < -0.3 is 14.2 Å². The lowest BCUT2D eigenvalue weighted by molar-refractivity contribution is 0.107. The van der Waals surface area contributed by atoms with Crippen LogP contribution >= 0.6 is 0 Å². The second-order valence-corrected chi connectivity index (χ2v) is 6.11. The number of fused-ring (bicyclic) bond motifs is 1. The van der Waals surface area contributed by atoms with Crippen LogP contribution in [0.15, 0.2) is 54.6 Å². The molecule has 0 saturated carbocycles. The average molecular weight is 351 g/mol. The fourth-order valence-electron chi connectivity index (χ4n) is 2.78. The zero-order valence-corrected chi connectivity index (χ0v) is 15.4. The predicted molar refractivity (Wildman–Crippen MR) is 104 cm³/mol. The van der Waals surface area contributed by atoms with Crippen molar-refractivity contribution in [3.8, 4) is 11.5 Å². The number of benzene rings is 2. The number of ether oxygens (including phenoxy) is 3. The number of nitrogens with zero attached hydrogens (tertiary/aromatic N) is 1. The summed E-state index contributed by atoms with van der Waals surface area (Å²) in [5, 5.41) is 0.978. The van der Waals surface area contributed by atoms with E-state index in [1.807, 2.05) is 56.3 Å². The first kappa shape index (κ1) is 18.2. The third-order valence-corrected chi connectivity index (χ3v) is 3.98. The Morgan fingerprint density at radius 3 is 2.58 bits per heavy atom. The zero-order chi connectivity index (χ0) is 18.2. The fourth-order valence-corrected chi connectivity index (χ4v) is 2.78. The highest BCUT2D eigenvalue weighted by Gasteiger charge is 2.07. The lowest BCUT2D eigenvalue weighted by Crippen LogP contribution is -2.04. The van der Waals surface area contributed by atoms with Crippen molar-refractivity contribution in [3.63, 3.8) is 0 Å². The number of rotatable bonds is 9. The van der Waals surface area contributed by atoms with E-state index in [1.54, 1.807) is 0 Å². The van der Waals surface area contributed by atoms with Gasteiger partial charge in [0.2, 0.25) is 0 Å². The molecule has 2 aromatic carbocycles. The van der Waals surface area contributed by atoms with Gasteiger partial charge in [-0.2, -0.15) is 0 Å². The standard InChI is InChI=1S/C22H25NO3/c1-3-25-19-10-11-21-20(15-19)22(14-17(2)23-21)26-13-7-12-24-16-18-8-5-4-6-9-18/h4-6,8-11,14-15H,3,7,12-13,16H2,1-2H3. The molecule has 0 bridgehead atoms. The molecule has 3 aromatic rings. The minimum atomic E-state index is 0.603. The summed E-state index contributed by atoms with van der Waals surface area (Å²) in [7, 11) is 0. The summed E-state index contributed by atoms with van der Waals surface area (Å²) in [5.41, 5.74) is 3.05. The van der Waals surface area contributed by atoms with Gasteiger partial charge in [0.25, 0.3) is 0 Å². The van der Waals surface area contributed by atoms with Crippen molar-refractivity contribution in [1.29, 1.82) is 0 Å². The smallest absolute Gasteiger partial charge is 0.130 e. The van der Waals surface area contributed by atoms with E-state index in [0.29, 0.717) is 26.4 Å². The molecule has 4 nitrogen and oxygen atoms in total. The molecule has 0 radical (unpaired) electrons. The normalized spacial score (nSPS) is 10.8. The summed E-state index contributed by atoms with van der Waals surface area (Å²) in [6.45, 7) is 6.50. The maximum atomic E-state index is 6.01. The Kier molecular flexibility index (Phi) is 6.45. The van der Waals surface area contributed by atoms with Gasteiger partial charge in [0.15, 0.2) is 0 Å². The molecule has 0 unspecified atom stereocenters. The third kappa shape index (κ3) is 4.96. The highest BCUT2D eigenvalue weighted by molar-refractivity contribution is 5.86. The molecule has 26 heavy (non-hydrogen) atoms. The van der Waals surface area contributed by atoms with E-state index in [4.69, 9.17) is 14.2 Å². The molecule has 1 heterocycles. The SMILES string of the molecule is CCOc1ccc2nc(C)cc(OCCCOCc3ccccc3)c2c1. The minimum absolute atomic E-state index is 0.603. The van der Waals surface area contributed by atoms with Gasteiger partial charge >= 0.3 is 0 Å². The predicted octanol–water partition coefficient (Wildman–Crippen LogP) is 4.93. The molecular formula is C22H25NO3. The first-order valence-corrected chi connectivity index (χ1v) is 9.05. The molecule has 0 saturated heterocycles. The Morgan fingerprint density at radius 1 is 0.923 bits per heavy atom. The van der Waals surface area contributed by atoms with Crippen LogP contribution in [0.1, 0.15) is 24.6 Å². The average Bonchev–Trinajstić information content (AvgIpc) is 2.66.